The highest BCUT2D eigenvalue weighted by atomic mass is 16.6. The van der Waals surface area contributed by atoms with Crippen molar-refractivity contribution in [1.82, 2.24) is 0 Å². The lowest BCUT2D eigenvalue weighted by Gasteiger charge is -2.40. The number of aliphatic hydroxyl groups is 1. The van der Waals surface area contributed by atoms with Gasteiger partial charge in [-0.05, 0) is 25.3 Å². The molecule has 4 heteroatoms. The van der Waals surface area contributed by atoms with Gasteiger partial charge in [-0.1, -0.05) is 18.6 Å². The van der Waals surface area contributed by atoms with Gasteiger partial charge in [0.1, 0.15) is 0 Å². The first kappa shape index (κ1) is 11.1. The van der Waals surface area contributed by atoms with Crippen LogP contribution in [0.4, 0.5) is 5.69 Å². The lowest BCUT2D eigenvalue weighted by atomic mass is 9.65. The molecule has 0 saturated heterocycles. The summed E-state index contributed by atoms with van der Waals surface area (Å²) in [4.78, 5) is 10.5. The average molecular weight is 221 g/mol. The van der Waals surface area contributed by atoms with Crippen LogP contribution in [0, 0.1) is 17.0 Å². The van der Waals surface area contributed by atoms with Gasteiger partial charge in [-0.2, -0.15) is 0 Å². The highest BCUT2D eigenvalue weighted by Crippen LogP contribution is 2.44. The van der Waals surface area contributed by atoms with Gasteiger partial charge < -0.3 is 5.11 Å². The molecule has 1 fully saturated rings. The minimum Gasteiger partial charge on any atom is -0.395 e. The van der Waals surface area contributed by atoms with Gasteiger partial charge in [-0.3, -0.25) is 10.1 Å². The summed E-state index contributed by atoms with van der Waals surface area (Å²) in [5, 5.41) is 20.3. The van der Waals surface area contributed by atoms with E-state index in [9.17, 15) is 15.2 Å². The smallest absolute Gasteiger partial charge is 0.272 e. The molecule has 0 bridgehead atoms. The summed E-state index contributed by atoms with van der Waals surface area (Å²) in [6.07, 6.45) is 2.93. The van der Waals surface area contributed by atoms with E-state index in [0.717, 1.165) is 24.8 Å². The summed E-state index contributed by atoms with van der Waals surface area (Å²) in [5.74, 6) is 0. The molecule has 0 aromatic heterocycles. The standard InChI is InChI=1S/C12H15NO3/c1-9-3-4-10(7-11(9)13(15)16)12(8-14)5-2-6-12/h3-4,7,14H,2,5-6,8H2,1H3. The maximum absolute atomic E-state index is 10.8. The number of nitro groups is 1. The Kier molecular flexibility index (Phi) is 2.68. The number of hydrogen-bond acceptors (Lipinski definition) is 3. The highest BCUT2D eigenvalue weighted by Gasteiger charge is 2.38. The molecule has 0 spiro atoms. The second-order valence-electron chi connectivity index (χ2n) is 4.55. The van der Waals surface area contributed by atoms with E-state index in [1.165, 1.54) is 0 Å². The van der Waals surface area contributed by atoms with Crippen molar-refractivity contribution in [3.63, 3.8) is 0 Å². The quantitative estimate of drug-likeness (QED) is 0.629. The van der Waals surface area contributed by atoms with Crippen LogP contribution in [-0.2, 0) is 5.41 Å². The second kappa shape index (κ2) is 3.87. The van der Waals surface area contributed by atoms with Crippen LogP contribution in [0.2, 0.25) is 0 Å². The summed E-state index contributed by atoms with van der Waals surface area (Å²) in [5.41, 5.74) is 1.50. The maximum Gasteiger partial charge on any atom is 0.272 e. The Morgan fingerprint density at radius 1 is 1.50 bits per heavy atom. The predicted octanol–water partition coefficient (Wildman–Crippen LogP) is 2.32. The van der Waals surface area contributed by atoms with Gasteiger partial charge in [0, 0.05) is 17.0 Å². The summed E-state index contributed by atoms with van der Waals surface area (Å²) in [6, 6.07) is 5.28. The number of aryl methyl sites for hydroxylation is 1. The van der Waals surface area contributed by atoms with Crippen LogP contribution in [0.25, 0.3) is 0 Å². The van der Waals surface area contributed by atoms with Gasteiger partial charge in [0.25, 0.3) is 5.69 Å². The summed E-state index contributed by atoms with van der Waals surface area (Å²) < 4.78 is 0. The Labute approximate surface area is 94.1 Å². The maximum atomic E-state index is 10.8. The van der Waals surface area contributed by atoms with Gasteiger partial charge in [0.2, 0.25) is 0 Å². The molecule has 4 nitrogen and oxygen atoms in total. The molecule has 1 aromatic carbocycles. The van der Waals surface area contributed by atoms with Crippen LogP contribution < -0.4 is 0 Å². The topological polar surface area (TPSA) is 63.4 Å². The SMILES string of the molecule is Cc1ccc(C2(CO)CCC2)cc1[N+](=O)[O-]. The zero-order valence-electron chi connectivity index (χ0n) is 9.27. The van der Waals surface area contributed by atoms with Gasteiger partial charge >= 0.3 is 0 Å². The highest BCUT2D eigenvalue weighted by molar-refractivity contribution is 5.45. The first-order valence-electron chi connectivity index (χ1n) is 5.45. The van der Waals surface area contributed by atoms with Crippen molar-refractivity contribution < 1.29 is 10.0 Å². The molecule has 0 heterocycles. The van der Waals surface area contributed by atoms with Crippen molar-refractivity contribution in [2.75, 3.05) is 6.61 Å². The van der Waals surface area contributed by atoms with Gasteiger partial charge in [0.05, 0.1) is 11.5 Å². The molecule has 1 saturated carbocycles. The molecule has 2 rings (SSSR count). The molecule has 0 amide bonds. The van der Waals surface area contributed by atoms with Crippen LogP contribution in [0.15, 0.2) is 18.2 Å². The first-order valence-corrected chi connectivity index (χ1v) is 5.45. The van der Waals surface area contributed by atoms with E-state index in [1.54, 1.807) is 19.1 Å². The molecule has 0 atom stereocenters. The van der Waals surface area contributed by atoms with Crippen molar-refractivity contribution in [2.24, 2.45) is 0 Å². The van der Waals surface area contributed by atoms with E-state index in [-0.39, 0.29) is 22.6 Å². The Morgan fingerprint density at radius 3 is 2.62 bits per heavy atom. The molecular formula is C12H15NO3. The van der Waals surface area contributed by atoms with Crippen molar-refractivity contribution in [3.8, 4) is 0 Å². The molecule has 86 valence electrons. The Hall–Kier alpha value is -1.42. The monoisotopic (exact) mass is 221 g/mol. The van der Waals surface area contributed by atoms with Crippen LogP contribution >= 0.6 is 0 Å². The number of nitro benzene ring substituents is 1. The Bertz CT molecular complexity index is 419. The molecule has 16 heavy (non-hydrogen) atoms. The third kappa shape index (κ3) is 1.59. The minimum atomic E-state index is -0.359. The minimum absolute atomic E-state index is 0.0766. The molecule has 0 aliphatic heterocycles. The number of benzene rings is 1. The number of aliphatic hydroxyl groups excluding tert-OH is 1. The number of nitrogens with zero attached hydrogens (tertiary/aromatic N) is 1. The van der Waals surface area contributed by atoms with E-state index in [0.29, 0.717) is 5.56 Å². The molecule has 1 N–H and O–H groups in total. The lowest BCUT2D eigenvalue weighted by Crippen LogP contribution is -2.37. The summed E-state index contributed by atoms with van der Waals surface area (Å²) in [7, 11) is 0. The fourth-order valence-corrected chi connectivity index (χ4v) is 2.28. The van der Waals surface area contributed by atoms with Crippen LogP contribution in [-0.4, -0.2) is 16.6 Å². The summed E-state index contributed by atoms with van der Waals surface area (Å²) in [6.45, 7) is 1.81. The van der Waals surface area contributed by atoms with E-state index in [4.69, 9.17) is 0 Å². The molecule has 0 radical (unpaired) electrons. The molecule has 1 aliphatic carbocycles. The average Bonchev–Trinajstić information content (AvgIpc) is 2.19. The number of hydrogen-bond donors (Lipinski definition) is 1. The Balaban J connectivity index is 2.43. The molecule has 1 aliphatic rings. The van der Waals surface area contributed by atoms with E-state index in [2.05, 4.69) is 0 Å². The van der Waals surface area contributed by atoms with E-state index < -0.39 is 0 Å². The van der Waals surface area contributed by atoms with E-state index in [1.807, 2.05) is 6.07 Å². The van der Waals surface area contributed by atoms with Gasteiger partial charge in [-0.15, -0.1) is 0 Å². The normalized spacial score (nSPS) is 17.9. The Morgan fingerprint density at radius 2 is 2.19 bits per heavy atom. The van der Waals surface area contributed by atoms with Crippen LogP contribution in [0.1, 0.15) is 30.4 Å². The van der Waals surface area contributed by atoms with Crippen LogP contribution in [0.5, 0.6) is 0 Å². The number of rotatable bonds is 3. The van der Waals surface area contributed by atoms with Gasteiger partial charge in [-0.25, -0.2) is 0 Å². The zero-order chi connectivity index (χ0) is 11.8. The van der Waals surface area contributed by atoms with Crippen molar-refractivity contribution >= 4 is 5.69 Å². The third-order valence-electron chi connectivity index (χ3n) is 3.63. The van der Waals surface area contributed by atoms with Crippen molar-refractivity contribution in [3.05, 3.63) is 39.4 Å². The fourth-order valence-electron chi connectivity index (χ4n) is 2.28. The largest absolute Gasteiger partial charge is 0.395 e. The first-order chi connectivity index (χ1) is 7.59. The predicted molar refractivity (Wildman–Crippen MR) is 60.4 cm³/mol. The van der Waals surface area contributed by atoms with Crippen LogP contribution in [0.3, 0.4) is 0 Å². The lowest BCUT2D eigenvalue weighted by molar-refractivity contribution is -0.385. The third-order valence-corrected chi connectivity index (χ3v) is 3.63. The van der Waals surface area contributed by atoms with Crippen molar-refractivity contribution in [1.29, 1.82) is 0 Å². The van der Waals surface area contributed by atoms with Crippen molar-refractivity contribution in [2.45, 2.75) is 31.6 Å². The van der Waals surface area contributed by atoms with Gasteiger partial charge in [0.15, 0.2) is 0 Å². The molecular weight excluding hydrogens is 206 g/mol. The fraction of sp³-hybridized carbons (Fsp3) is 0.500. The zero-order valence-corrected chi connectivity index (χ0v) is 9.27. The molecule has 1 aromatic rings. The second-order valence-corrected chi connectivity index (χ2v) is 4.55. The van der Waals surface area contributed by atoms with E-state index >= 15 is 0 Å². The summed E-state index contributed by atoms with van der Waals surface area (Å²) >= 11 is 0. The molecule has 0 unspecified atom stereocenters.